The van der Waals surface area contributed by atoms with Gasteiger partial charge in [-0.25, -0.2) is 0 Å². The average molecular weight is 230 g/mol. The molecule has 0 aromatic heterocycles. The van der Waals surface area contributed by atoms with Crippen LogP contribution in [0.4, 0.5) is 0 Å². The number of ether oxygens (including phenoxy) is 1. The SMILES string of the molecule is COc1cc(C(O)CN(C)C)ccc1Cl. The predicted molar refractivity (Wildman–Crippen MR) is 61.5 cm³/mol. The van der Waals surface area contributed by atoms with Crippen molar-refractivity contribution >= 4 is 11.6 Å². The molecule has 1 aromatic carbocycles. The lowest BCUT2D eigenvalue weighted by molar-refractivity contribution is 0.138. The summed E-state index contributed by atoms with van der Waals surface area (Å²) in [6.45, 7) is 0.574. The van der Waals surface area contributed by atoms with Gasteiger partial charge in [0.15, 0.2) is 0 Å². The van der Waals surface area contributed by atoms with Crippen LogP contribution in [-0.2, 0) is 0 Å². The van der Waals surface area contributed by atoms with Gasteiger partial charge in [-0.1, -0.05) is 17.7 Å². The van der Waals surface area contributed by atoms with E-state index in [1.54, 1.807) is 25.3 Å². The molecule has 1 atom stereocenters. The molecule has 0 aliphatic rings. The van der Waals surface area contributed by atoms with Gasteiger partial charge in [0, 0.05) is 6.54 Å². The molecule has 4 heteroatoms. The third-order valence-electron chi connectivity index (χ3n) is 2.10. The van der Waals surface area contributed by atoms with Gasteiger partial charge >= 0.3 is 0 Å². The zero-order valence-electron chi connectivity index (χ0n) is 9.20. The van der Waals surface area contributed by atoms with Crippen LogP contribution >= 0.6 is 11.6 Å². The first-order chi connectivity index (χ1) is 7.04. The van der Waals surface area contributed by atoms with Gasteiger partial charge in [0.25, 0.3) is 0 Å². The maximum Gasteiger partial charge on any atom is 0.137 e. The van der Waals surface area contributed by atoms with Crippen molar-refractivity contribution in [1.82, 2.24) is 4.90 Å². The van der Waals surface area contributed by atoms with Crippen molar-refractivity contribution in [2.75, 3.05) is 27.7 Å². The molecule has 0 spiro atoms. The molecule has 0 bridgehead atoms. The molecule has 84 valence electrons. The molecular weight excluding hydrogens is 214 g/mol. The van der Waals surface area contributed by atoms with Crippen molar-refractivity contribution < 1.29 is 9.84 Å². The number of halogens is 1. The van der Waals surface area contributed by atoms with Gasteiger partial charge in [0.05, 0.1) is 18.2 Å². The van der Waals surface area contributed by atoms with Gasteiger partial charge in [-0.15, -0.1) is 0 Å². The number of rotatable bonds is 4. The second kappa shape index (κ2) is 5.35. The van der Waals surface area contributed by atoms with Gasteiger partial charge in [-0.05, 0) is 31.8 Å². The van der Waals surface area contributed by atoms with E-state index in [9.17, 15) is 5.11 Å². The molecule has 0 saturated heterocycles. The van der Waals surface area contributed by atoms with Crippen LogP contribution < -0.4 is 4.74 Å². The summed E-state index contributed by atoms with van der Waals surface area (Å²) < 4.78 is 5.08. The Kier molecular flexibility index (Phi) is 4.39. The molecule has 0 amide bonds. The normalized spacial score (nSPS) is 12.9. The summed E-state index contributed by atoms with van der Waals surface area (Å²) in [5.41, 5.74) is 0.810. The molecule has 3 nitrogen and oxygen atoms in total. The fraction of sp³-hybridized carbons (Fsp3) is 0.455. The highest BCUT2D eigenvalue weighted by Crippen LogP contribution is 2.27. The summed E-state index contributed by atoms with van der Waals surface area (Å²) in [6, 6.07) is 5.30. The summed E-state index contributed by atoms with van der Waals surface area (Å²) >= 11 is 5.89. The van der Waals surface area contributed by atoms with Crippen LogP contribution in [0.15, 0.2) is 18.2 Å². The number of methoxy groups -OCH3 is 1. The third-order valence-corrected chi connectivity index (χ3v) is 2.41. The molecule has 1 unspecified atom stereocenters. The molecule has 1 rings (SSSR count). The summed E-state index contributed by atoms with van der Waals surface area (Å²) in [7, 11) is 5.38. The standard InChI is InChI=1S/C11H16ClNO2/c1-13(2)7-10(14)8-4-5-9(12)11(6-8)15-3/h4-6,10,14H,7H2,1-3H3. The second-order valence-corrected chi connectivity index (χ2v) is 4.08. The summed E-state index contributed by atoms with van der Waals surface area (Å²) in [4.78, 5) is 1.92. The van der Waals surface area contributed by atoms with Crippen LogP contribution in [0, 0.1) is 0 Å². The molecular formula is C11H16ClNO2. The lowest BCUT2D eigenvalue weighted by atomic mass is 10.1. The molecule has 15 heavy (non-hydrogen) atoms. The predicted octanol–water partition coefficient (Wildman–Crippen LogP) is 1.94. The van der Waals surface area contributed by atoms with E-state index >= 15 is 0 Å². The number of aliphatic hydroxyl groups is 1. The molecule has 0 fully saturated rings. The minimum absolute atomic E-state index is 0.522. The van der Waals surface area contributed by atoms with Gasteiger partial charge < -0.3 is 14.7 Å². The highest BCUT2D eigenvalue weighted by atomic mass is 35.5. The quantitative estimate of drug-likeness (QED) is 0.857. The Labute approximate surface area is 95.2 Å². The summed E-state index contributed by atoms with van der Waals surface area (Å²) in [5.74, 6) is 0.590. The highest BCUT2D eigenvalue weighted by Gasteiger charge is 2.11. The van der Waals surface area contributed by atoms with Crippen molar-refractivity contribution in [2.24, 2.45) is 0 Å². The molecule has 1 aromatic rings. The monoisotopic (exact) mass is 229 g/mol. The molecule has 0 aliphatic heterocycles. The molecule has 0 saturated carbocycles. The minimum Gasteiger partial charge on any atom is -0.495 e. The van der Waals surface area contributed by atoms with Gasteiger partial charge in [0.2, 0.25) is 0 Å². The fourth-order valence-corrected chi connectivity index (χ4v) is 1.53. The number of likely N-dealkylation sites (N-methyl/N-ethyl adjacent to an activating group) is 1. The van der Waals surface area contributed by atoms with Crippen LogP contribution in [0.2, 0.25) is 5.02 Å². The van der Waals surface area contributed by atoms with Gasteiger partial charge in [0.1, 0.15) is 5.75 Å². The van der Waals surface area contributed by atoms with Crippen molar-refractivity contribution in [1.29, 1.82) is 0 Å². The van der Waals surface area contributed by atoms with E-state index in [0.29, 0.717) is 17.3 Å². The maximum atomic E-state index is 9.86. The molecule has 1 N–H and O–H groups in total. The Hall–Kier alpha value is -0.770. The number of hydrogen-bond acceptors (Lipinski definition) is 3. The van der Waals surface area contributed by atoms with E-state index in [4.69, 9.17) is 16.3 Å². The number of aliphatic hydroxyl groups excluding tert-OH is 1. The second-order valence-electron chi connectivity index (χ2n) is 3.67. The van der Waals surface area contributed by atoms with Gasteiger partial charge in [-0.2, -0.15) is 0 Å². The fourth-order valence-electron chi connectivity index (χ4n) is 1.33. The Balaban J connectivity index is 2.85. The largest absolute Gasteiger partial charge is 0.495 e. The van der Waals surface area contributed by atoms with Crippen LogP contribution in [-0.4, -0.2) is 37.8 Å². The molecule has 0 heterocycles. The van der Waals surface area contributed by atoms with E-state index in [0.717, 1.165) is 5.56 Å². The highest BCUT2D eigenvalue weighted by molar-refractivity contribution is 6.32. The van der Waals surface area contributed by atoms with E-state index in [1.807, 2.05) is 19.0 Å². The van der Waals surface area contributed by atoms with Crippen LogP contribution in [0.25, 0.3) is 0 Å². The van der Waals surface area contributed by atoms with Crippen molar-refractivity contribution in [3.63, 3.8) is 0 Å². The topological polar surface area (TPSA) is 32.7 Å². The first-order valence-corrected chi connectivity index (χ1v) is 5.08. The maximum absolute atomic E-state index is 9.86. The van der Waals surface area contributed by atoms with E-state index in [2.05, 4.69) is 0 Å². The van der Waals surface area contributed by atoms with Gasteiger partial charge in [-0.3, -0.25) is 0 Å². The number of hydrogen-bond donors (Lipinski definition) is 1. The van der Waals surface area contributed by atoms with Crippen molar-refractivity contribution in [3.8, 4) is 5.75 Å². The zero-order chi connectivity index (χ0) is 11.4. The third kappa shape index (κ3) is 3.38. The smallest absolute Gasteiger partial charge is 0.137 e. The number of nitrogens with zero attached hydrogens (tertiary/aromatic N) is 1. The first-order valence-electron chi connectivity index (χ1n) is 4.71. The molecule has 0 radical (unpaired) electrons. The summed E-state index contributed by atoms with van der Waals surface area (Å²) in [5, 5.41) is 10.4. The lowest BCUT2D eigenvalue weighted by Gasteiger charge is -2.17. The van der Waals surface area contributed by atoms with E-state index < -0.39 is 6.10 Å². The van der Waals surface area contributed by atoms with Crippen LogP contribution in [0.3, 0.4) is 0 Å². The Morgan fingerprint density at radius 2 is 2.13 bits per heavy atom. The average Bonchev–Trinajstić information content (AvgIpc) is 2.17. The Bertz CT molecular complexity index is 328. The molecule has 0 aliphatic carbocycles. The minimum atomic E-state index is -0.522. The number of benzene rings is 1. The van der Waals surface area contributed by atoms with Crippen LogP contribution in [0.1, 0.15) is 11.7 Å². The van der Waals surface area contributed by atoms with Crippen LogP contribution in [0.5, 0.6) is 5.75 Å². The lowest BCUT2D eigenvalue weighted by Crippen LogP contribution is -2.19. The Morgan fingerprint density at radius 3 is 2.67 bits per heavy atom. The zero-order valence-corrected chi connectivity index (χ0v) is 9.95. The van der Waals surface area contributed by atoms with E-state index in [1.165, 1.54) is 0 Å². The van der Waals surface area contributed by atoms with Crippen molar-refractivity contribution in [3.05, 3.63) is 28.8 Å². The summed E-state index contributed by atoms with van der Waals surface area (Å²) in [6.07, 6.45) is -0.522. The first kappa shape index (κ1) is 12.3. The Morgan fingerprint density at radius 1 is 1.47 bits per heavy atom. The van der Waals surface area contributed by atoms with E-state index in [-0.39, 0.29) is 0 Å². The van der Waals surface area contributed by atoms with Crippen molar-refractivity contribution in [2.45, 2.75) is 6.10 Å².